The van der Waals surface area contributed by atoms with Gasteiger partial charge in [-0.25, -0.2) is 0 Å². The fourth-order valence-electron chi connectivity index (χ4n) is 7.96. The van der Waals surface area contributed by atoms with Crippen molar-refractivity contribution in [2.45, 2.75) is 285 Å². The van der Waals surface area contributed by atoms with E-state index in [1.807, 2.05) is 0 Å². The van der Waals surface area contributed by atoms with Gasteiger partial charge in [-0.15, -0.1) is 0 Å². The summed E-state index contributed by atoms with van der Waals surface area (Å²) in [6.07, 6.45) is 49.2. The maximum atomic E-state index is 10.2. The zero-order valence-electron chi connectivity index (χ0n) is 39.2. The molecule has 0 spiro atoms. The first-order valence-electron chi connectivity index (χ1n) is 25.8. The molecule has 4 unspecified atom stereocenters. The first kappa shape index (κ1) is 55.8. The molecule has 0 aromatic rings. The van der Waals surface area contributed by atoms with Crippen LogP contribution in [-0.4, -0.2) is 50.6 Å². The summed E-state index contributed by atoms with van der Waals surface area (Å²) < 4.78 is 18.4. The van der Waals surface area contributed by atoms with E-state index in [2.05, 4.69) is 39.9 Å². The maximum Gasteiger partial charge on any atom is 0.213 e. The second-order valence-corrected chi connectivity index (χ2v) is 18.0. The standard InChI is InChI=1S/C51H105NO4/c1-6-9-11-13-15-17-19-21-23-25-27-29-31-33-35-37-44-54-47-49(5)50(42-40-46-56-51(53)52-43-39-41-48(4)8-3)55-45-38-36-34-32-30-28-26-24-22-20-18-16-14-12-10-7-2/h48-53H,6-47H2,1-5H3. The summed E-state index contributed by atoms with van der Waals surface area (Å²) in [4.78, 5) is 0. The van der Waals surface area contributed by atoms with Gasteiger partial charge in [0.05, 0.1) is 19.3 Å². The highest BCUT2D eigenvalue weighted by molar-refractivity contribution is 4.67. The molecule has 0 saturated heterocycles. The van der Waals surface area contributed by atoms with Crippen molar-refractivity contribution in [1.29, 1.82) is 0 Å². The molecule has 338 valence electrons. The Morgan fingerprint density at radius 2 is 0.786 bits per heavy atom. The summed E-state index contributed by atoms with van der Waals surface area (Å²) in [7, 11) is 0. The van der Waals surface area contributed by atoms with Crippen molar-refractivity contribution >= 4 is 0 Å². The Morgan fingerprint density at radius 3 is 1.20 bits per heavy atom. The van der Waals surface area contributed by atoms with Crippen LogP contribution < -0.4 is 5.32 Å². The van der Waals surface area contributed by atoms with Crippen molar-refractivity contribution in [2.24, 2.45) is 11.8 Å². The summed E-state index contributed by atoms with van der Waals surface area (Å²) in [5, 5.41) is 13.4. The molecule has 4 atom stereocenters. The number of nitrogens with one attached hydrogen (secondary N) is 1. The highest BCUT2D eigenvalue weighted by Gasteiger charge is 2.18. The van der Waals surface area contributed by atoms with Gasteiger partial charge in [0, 0.05) is 19.1 Å². The van der Waals surface area contributed by atoms with Crippen LogP contribution in [0.3, 0.4) is 0 Å². The van der Waals surface area contributed by atoms with Crippen LogP contribution in [0, 0.1) is 11.8 Å². The summed E-state index contributed by atoms with van der Waals surface area (Å²) in [5.41, 5.74) is 0. The zero-order chi connectivity index (χ0) is 40.8. The first-order chi connectivity index (χ1) is 27.5. The molecule has 0 aliphatic carbocycles. The number of hydrogen-bond donors (Lipinski definition) is 2. The Morgan fingerprint density at radius 1 is 0.411 bits per heavy atom. The maximum absolute atomic E-state index is 10.2. The average molecular weight is 796 g/mol. The van der Waals surface area contributed by atoms with Crippen LogP contribution in [0.15, 0.2) is 0 Å². The normalized spacial score (nSPS) is 14.0. The van der Waals surface area contributed by atoms with Gasteiger partial charge in [-0.1, -0.05) is 234 Å². The van der Waals surface area contributed by atoms with Crippen molar-refractivity contribution in [3.05, 3.63) is 0 Å². The van der Waals surface area contributed by atoms with Gasteiger partial charge in [-0.05, 0) is 51.0 Å². The van der Waals surface area contributed by atoms with Crippen molar-refractivity contribution in [2.75, 3.05) is 33.0 Å². The lowest BCUT2D eigenvalue weighted by molar-refractivity contribution is -0.123. The number of aliphatic hydroxyl groups excluding tert-OH is 1. The summed E-state index contributed by atoms with van der Waals surface area (Å²) in [6, 6.07) is 0. The van der Waals surface area contributed by atoms with Crippen molar-refractivity contribution in [3.8, 4) is 0 Å². The third-order valence-corrected chi connectivity index (χ3v) is 12.3. The van der Waals surface area contributed by atoms with Crippen molar-refractivity contribution < 1.29 is 19.3 Å². The molecular formula is C51H105NO4. The van der Waals surface area contributed by atoms with Gasteiger partial charge in [0.25, 0.3) is 0 Å². The molecule has 0 fully saturated rings. The molecule has 5 heteroatoms. The minimum Gasteiger partial charge on any atom is -0.381 e. The van der Waals surface area contributed by atoms with Gasteiger partial charge in [0.15, 0.2) is 0 Å². The molecule has 0 saturated carbocycles. The first-order valence-corrected chi connectivity index (χ1v) is 25.8. The average Bonchev–Trinajstić information content (AvgIpc) is 3.20. The highest BCUT2D eigenvalue weighted by atomic mass is 16.6. The number of aliphatic hydroxyl groups is 1. The van der Waals surface area contributed by atoms with Gasteiger partial charge in [0.1, 0.15) is 0 Å². The van der Waals surface area contributed by atoms with Gasteiger partial charge in [-0.3, -0.25) is 5.32 Å². The van der Waals surface area contributed by atoms with Crippen molar-refractivity contribution in [3.63, 3.8) is 0 Å². The summed E-state index contributed by atoms with van der Waals surface area (Å²) >= 11 is 0. The topological polar surface area (TPSA) is 60.0 Å². The predicted octanol–water partition coefficient (Wildman–Crippen LogP) is 16.0. The van der Waals surface area contributed by atoms with Gasteiger partial charge in [0.2, 0.25) is 6.41 Å². The highest BCUT2D eigenvalue weighted by Crippen LogP contribution is 2.19. The SMILES string of the molecule is CCCCCCCCCCCCCCCCCCOCC(C)C(CCCOC(O)NCCCC(C)CC)OCCCCCCCCCCCCCCCCCC. The molecule has 0 heterocycles. The quantitative estimate of drug-likeness (QED) is 0.0474. The molecule has 0 aliphatic rings. The van der Waals surface area contributed by atoms with Crippen LogP contribution >= 0.6 is 0 Å². The lowest BCUT2D eigenvalue weighted by atomic mass is 10.0. The van der Waals surface area contributed by atoms with Gasteiger partial charge < -0.3 is 19.3 Å². The molecule has 0 amide bonds. The second-order valence-electron chi connectivity index (χ2n) is 18.0. The summed E-state index contributed by atoms with van der Waals surface area (Å²) in [6.45, 7) is 15.2. The van der Waals surface area contributed by atoms with Crippen LogP contribution in [0.4, 0.5) is 0 Å². The third-order valence-electron chi connectivity index (χ3n) is 12.3. The predicted molar refractivity (Wildman–Crippen MR) is 247 cm³/mol. The van der Waals surface area contributed by atoms with Crippen LogP contribution in [-0.2, 0) is 14.2 Å². The van der Waals surface area contributed by atoms with Crippen LogP contribution in [0.1, 0.15) is 272 Å². The number of unbranched alkanes of at least 4 members (excludes halogenated alkanes) is 30. The van der Waals surface area contributed by atoms with Gasteiger partial charge >= 0.3 is 0 Å². The molecule has 0 bridgehead atoms. The monoisotopic (exact) mass is 796 g/mol. The number of ether oxygens (including phenoxy) is 3. The number of rotatable bonds is 49. The largest absolute Gasteiger partial charge is 0.381 e. The van der Waals surface area contributed by atoms with E-state index in [9.17, 15) is 5.11 Å². The minimum atomic E-state index is -0.878. The Kier molecular flexibility index (Phi) is 47.3. The molecule has 5 nitrogen and oxygen atoms in total. The van der Waals surface area contributed by atoms with E-state index in [4.69, 9.17) is 14.2 Å². The van der Waals surface area contributed by atoms with E-state index in [-0.39, 0.29) is 6.10 Å². The molecule has 0 aromatic carbocycles. The van der Waals surface area contributed by atoms with E-state index in [1.54, 1.807) is 0 Å². The van der Waals surface area contributed by atoms with E-state index in [0.29, 0.717) is 12.5 Å². The van der Waals surface area contributed by atoms with Crippen LogP contribution in [0.5, 0.6) is 0 Å². The molecular weight excluding hydrogens is 691 g/mol. The summed E-state index contributed by atoms with van der Waals surface area (Å²) in [5.74, 6) is 1.10. The van der Waals surface area contributed by atoms with E-state index in [0.717, 1.165) is 58.0 Å². The molecule has 0 aliphatic heterocycles. The van der Waals surface area contributed by atoms with E-state index >= 15 is 0 Å². The van der Waals surface area contributed by atoms with Gasteiger partial charge in [-0.2, -0.15) is 0 Å². The fourth-order valence-corrected chi connectivity index (χ4v) is 7.96. The molecule has 0 rings (SSSR count). The van der Waals surface area contributed by atoms with E-state index < -0.39 is 6.41 Å². The fraction of sp³-hybridized carbons (Fsp3) is 1.00. The van der Waals surface area contributed by atoms with E-state index in [1.165, 1.54) is 212 Å². The Bertz CT molecular complexity index is 707. The lowest BCUT2D eigenvalue weighted by Crippen LogP contribution is -2.33. The van der Waals surface area contributed by atoms with Crippen LogP contribution in [0.25, 0.3) is 0 Å². The molecule has 0 aromatic heterocycles. The smallest absolute Gasteiger partial charge is 0.213 e. The van der Waals surface area contributed by atoms with Crippen molar-refractivity contribution in [1.82, 2.24) is 5.32 Å². The molecule has 2 N–H and O–H groups in total. The lowest BCUT2D eigenvalue weighted by Gasteiger charge is -2.25. The second kappa shape index (κ2) is 47.5. The Hall–Kier alpha value is -0.200. The zero-order valence-corrected chi connectivity index (χ0v) is 39.2. The Balaban J connectivity index is 4.10. The minimum absolute atomic E-state index is 0.182. The molecule has 56 heavy (non-hydrogen) atoms. The van der Waals surface area contributed by atoms with Crippen LogP contribution in [0.2, 0.25) is 0 Å². The Labute approximate surface area is 353 Å². The molecule has 0 radical (unpaired) electrons. The third kappa shape index (κ3) is 43.4. The number of hydrogen-bond acceptors (Lipinski definition) is 5.